The second kappa shape index (κ2) is 5.86. The number of nitrogens with one attached hydrogen (secondary N) is 1. The molecule has 1 N–H and O–H groups in total. The van der Waals surface area contributed by atoms with Gasteiger partial charge in [0.05, 0.1) is 9.26 Å². The molecule has 19 heavy (non-hydrogen) atoms. The van der Waals surface area contributed by atoms with Gasteiger partial charge in [-0.3, -0.25) is 4.79 Å². The minimum atomic E-state index is -0.0598. The maximum atomic E-state index is 11.9. The van der Waals surface area contributed by atoms with Crippen LogP contribution in [0.2, 0.25) is 0 Å². The Kier molecular flexibility index (Phi) is 4.39. The van der Waals surface area contributed by atoms with Gasteiger partial charge in [-0.05, 0) is 40.5 Å². The molecule has 0 amide bonds. The number of aromatic amines is 1. The number of hydrogen-bond donors (Lipinski definition) is 1. The van der Waals surface area contributed by atoms with Crippen molar-refractivity contribution < 1.29 is 0 Å². The molecule has 0 atom stereocenters. The molecule has 0 radical (unpaired) electrons. The fourth-order valence-corrected chi connectivity index (χ4v) is 2.54. The summed E-state index contributed by atoms with van der Waals surface area (Å²) in [6.45, 7) is 6.33. The molecule has 0 spiro atoms. The lowest BCUT2D eigenvalue weighted by Crippen LogP contribution is -2.15. The highest BCUT2D eigenvalue weighted by Gasteiger charge is 2.09. The van der Waals surface area contributed by atoms with E-state index in [1.807, 2.05) is 41.6 Å². The van der Waals surface area contributed by atoms with E-state index < -0.39 is 0 Å². The lowest BCUT2D eigenvalue weighted by molar-refractivity contribution is 0.866. The zero-order valence-electron chi connectivity index (χ0n) is 11.3. The van der Waals surface area contributed by atoms with Crippen LogP contribution in [0.15, 0.2) is 29.1 Å². The lowest BCUT2D eigenvalue weighted by atomic mass is 10.0. The summed E-state index contributed by atoms with van der Waals surface area (Å²) < 4.78 is 0.683. The number of hydrogen-bond acceptors (Lipinski definition) is 2. The topological polar surface area (TPSA) is 45.8 Å². The van der Waals surface area contributed by atoms with Crippen molar-refractivity contribution in [2.75, 3.05) is 0 Å². The van der Waals surface area contributed by atoms with Crippen LogP contribution in [0.5, 0.6) is 0 Å². The summed E-state index contributed by atoms with van der Waals surface area (Å²) in [4.78, 5) is 19.2. The zero-order valence-corrected chi connectivity index (χ0v) is 13.5. The molecule has 0 bridgehead atoms. The molecule has 1 aromatic carbocycles. The maximum absolute atomic E-state index is 11.9. The molecule has 0 aliphatic carbocycles. The van der Waals surface area contributed by atoms with Crippen molar-refractivity contribution in [2.24, 2.45) is 0 Å². The average molecular weight is 368 g/mol. The number of rotatable bonds is 3. The SMILES string of the molecule is CCc1nc(-c2ccc(C(C)C)cc2)[nH]c(=O)c1I. The molecule has 2 aromatic rings. The summed E-state index contributed by atoms with van der Waals surface area (Å²) in [5.41, 5.74) is 3.03. The second-order valence-corrected chi connectivity index (χ2v) is 5.88. The molecule has 0 unspecified atom stereocenters. The molecule has 4 heteroatoms. The molecule has 0 fully saturated rings. The third kappa shape index (κ3) is 3.05. The van der Waals surface area contributed by atoms with Crippen molar-refractivity contribution in [1.29, 1.82) is 0 Å². The third-order valence-corrected chi connectivity index (χ3v) is 4.23. The van der Waals surface area contributed by atoms with Crippen molar-refractivity contribution in [2.45, 2.75) is 33.1 Å². The Bertz CT molecular complexity index is 630. The number of H-pyrrole nitrogens is 1. The summed E-state index contributed by atoms with van der Waals surface area (Å²) in [6.07, 6.45) is 0.763. The molecule has 1 aromatic heterocycles. The van der Waals surface area contributed by atoms with Crippen LogP contribution < -0.4 is 5.56 Å². The van der Waals surface area contributed by atoms with Gasteiger partial charge in [0.25, 0.3) is 5.56 Å². The quantitative estimate of drug-likeness (QED) is 0.840. The van der Waals surface area contributed by atoms with Gasteiger partial charge in [0, 0.05) is 5.56 Å². The van der Waals surface area contributed by atoms with Crippen LogP contribution in [-0.2, 0) is 6.42 Å². The van der Waals surface area contributed by atoms with Gasteiger partial charge in [0.15, 0.2) is 0 Å². The molecular formula is C15H17IN2O. The minimum Gasteiger partial charge on any atom is -0.306 e. The number of aromatic nitrogens is 2. The van der Waals surface area contributed by atoms with Crippen molar-refractivity contribution in [1.82, 2.24) is 9.97 Å². The van der Waals surface area contributed by atoms with Crippen LogP contribution >= 0.6 is 22.6 Å². The Morgan fingerprint density at radius 3 is 2.42 bits per heavy atom. The molecule has 3 nitrogen and oxygen atoms in total. The van der Waals surface area contributed by atoms with E-state index in [1.165, 1.54) is 5.56 Å². The van der Waals surface area contributed by atoms with Crippen LogP contribution in [-0.4, -0.2) is 9.97 Å². The van der Waals surface area contributed by atoms with E-state index in [9.17, 15) is 4.79 Å². The predicted octanol–water partition coefficient (Wildman–Crippen LogP) is 3.73. The zero-order chi connectivity index (χ0) is 14.0. The van der Waals surface area contributed by atoms with Crippen molar-refractivity contribution in [3.8, 4) is 11.4 Å². The highest BCUT2D eigenvalue weighted by Crippen LogP contribution is 2.20. The average Bonchev–Trinajstić information content (AvgIpc) is 2.41. The van der Waals surface area contributed by atoms with Crippen LogP contribution in [0.1, 0.15) is 37.9 Å². The van der Waals surface area contributed by atoms with Crippen LogP contribution in [0.3, 0.4) is 0 Å². The van der Waals surface area contributed by atoms with Gasteiger partial charge in [-0.15, -0.1) is 0 Å². The standard InChI is InChI=1S/C15H17IN2O/c1-4-12-13(16)15(19)18-14(17-12)11-7-5-10(6-8-11)9(2)3/h5-9H,4H2,1-3H3,(H,17,18,19). The molecule has 0 saturated heterocycles. The number of aryl methyl sites for hydroxylation is 1. The van der Waals surface area contributed by atoms with E-state index in [0.29, 0.717) is 15.3 Å². The maximum Gasteiger partial charge on any atom is 0.264 e. The highest BCUT2D eigenvalue weighted by molar-refractivity contribution is 14.1. The Labute approximate surface area is 126 Å². The fourth-order valence-electron chi connectivity index (χ4n) is 1.90. The Morgan fingerprint density at radius 1 is 1.26 bits per heavy atom. The molecule has 0 aliphatic heterocycles. The summed E-state index contributed by atoms with van der Waals surface area (Å²) in [5.74, 6) is 1.15. The summed E-state index contributed by atoms with van der Waals surface area (Å²) >= 11 is 2.05. The first-order chi connectivity index (χ1) is 9.02. The van der Waals surface area contributed by atoms with Crippen LogP contribution in [0.4, 0.5) is 0 Å². The van der Waals surface area contributed by atoms with Gasteiger partial charge in [0.2, 0.25) is 0 Å². The normalized spacial score (nSPS) is 11.0. The number of nitrogens with zero attached hydrogens (tertiary/aromatic N) is 1. The number of benzene rings is 1. The van der Waals surface area contributed by atoms with E-state index in [4.69, 9.17) is 0 Å². The van der Waals surface area contributed by atoms with E-state index >= 15 is 0 Å². The Morgan fingerprint density at radius 2 is 1.89 bits per heavy atom. The monoisotopic (exact) mass is 368 g/mol. The molecule has 0 aliphatic rings. The van der Waals surface area contributed by atoms with Crippen LogP contribution in [0, 0.1) is 3.57 Å². The van der Waals surface area contributed by atoms with Gasteiger partial charge in [-0.2, -0.15) is 0 Å². The first-order valence-corrected chi connectivity index (χ1v) is 7.49. The summed E-state index contributed by atoms with van der Waals surface area (Å²) in [5, 5.41) is 0. The van der Waals surface area contributed by atoms with Gasteiger partial charge >= 0.3 is 0 Å². The molecule has 100 valence electrons. The van der Waals surface area contributed by atoms with E-state index in [1.54, 1.807) is 0 Å². The van der Waals surface area contributed by atoms with Crippen molar-refractivity contribution >= 4 is 22.6 Å². The third-order valence-electron chi connectivity index (χ3n) is 3.12. The second-order valence-electron chi connectivity index (χ2n) is 4.81. The smallest absolute Gasteiger partial charge is 0.264 e. The Balaban J connectivity index is 2.47. The first kappa shape index (κ1) is 14.2. The van der Waals surface area contributed by atoms with Crippen molar-refractivity contribution in [3.05, 3.63) is 49.4 Å². The molecular weight excluding hydrogens is 351 g/mol. The predicted molar refractivity (Wildman–Crippen MR) is 86.5 cm³/mol. The van der Waals surface area contributed by atoms with Gasteiger partial charge in [-0.1, -0.05) is 45.0 Å². The summed E-state index contributed by atoms with van der Waals surface area (Å²) in [7, 11) is 0. The van der Waals surface area contributed by atoms with Crippen LogP contribution in [0.25, 0.3) is 11.4 Å². The van der Waals surface area contributed by atoms with E-state index in [2.05, 4.69) is 35.9 Å². The number of halogens is 1. The largest absolute Gasteiger partial charge is 0.306 e. The van der Waals surface area contributed by atoms with E-state index in [-0.39, 0.29) is 5.56 Å². The Hall–Kier alpha value is -1.17. The van der Waals surface area contributed by atoms with Gasteiger partial charge in [0.1, 0.15) is 5.82 Å². The molecule has 1 heterocycles. The van der Waals surface area contributed by atoms with E-state index in [0.717, 1.165) is 17.7 Å². The van der Waals surface area contributed by atoms with Crippen molar-refractivity contribution in [3.63, 3.8) is 0 Å². The fraction of sp³-hybridized carbons (Fsp3) is 0.333. The highest BCUT2D eigenvalue weighted by atomic mass is 127. The van der Waals surface area contributed by atoms with Gasteiger partial charge < -0.3 is 4.98 Å². The summed E-state index contributed by atoms with van der Waals surface area (Å²) in [6, 6.07) is 8.20. The van der Waals surface area contributed by atoms with Gasteiger partial charge in [-0.25, -0.2) is 4.98 Å². The first-order valence-electron chi connectivity index (χ1n) is 6.42. The molecule has 2 rings (SSSR count). The molecule has 0 saturated carbocycles. The lowest BCUT2D eigenvalue weighted by Gasteiger charge is -2.08. The minimum absolute atomic E-state index is 0.0598.